The Morgan fingerprint density at radius 3 is 2.41 bits per heavy atom. The molecule has 1 aromatic rings. The van der Waals surface area contributed by atoms with Gasteiger partial charge in [0, 0.05) is 12.5 Å². The minimum atomic E-state index is -3.54. The summed E-state index contributed by atoms with van der Waals surface area (Å²) in [5, 5.41) is 0. The van der Waals surface area contributed by atoms with Crippen LogP contribution in [-0.4, -0.2) is 20.2 Å². The number of nitrogens with one attached hydrogen (secondary N) is 1. The molecule has 4 nitrogen and oxygen atoms in total. The highest BCUT2D eigenvalue weighted by molar-refractivity contribution is 7.89. The van der Waals surface area contributed by atoms with Crippen molar-refractivity contribution in [3.8, 4) is 0 Å². The molecule has 0 aliphatic heterocycles. The van der Waals surface area contributed by atoms with Gasteiger partial charge in [-0.15, -0.1) is 0 Å². The predicted molar refractivity (Wildman–Crippen MR) is 64.1 cm³/mol. The molecule has 0 unspecified atom stereocenters. The first-order valence-corrected chi connectivity index (χ1v) is 6.76. The van der Waals surface area contributed by atoms with Crippen molar-refractivity contribution in [3.05, 3.63) is 42.0 Å². The van der Waals surface area contributed by atoms with Gasteiger partial charge in [0.1, 0.15) is 0 Å². The number of hydrogen-bond acceptors (Lipinski definition) is 3. The van der Waals surface area contributed by atoms with Gasteiger partial charge in [-0.3, -0.25) is 4.79 Å². The van der Waals surface area contributed by atoms with Gasteiger partial charge in [0.25, 0.3) is 0 Å². The van der Waals surface area contributed by atoms with E-state index in [0.29, 0.717) is 0 Å². The first-order valence-electron chi connectivity index (χ1n) is 5.27. The molecule has 0 bridgehead atoms. The Morgan fingerprint density at radius 1 is 1.24 bits per heavy atom. The molecule has 1 aromatic carbocycles. The SMILES string of the molecule is Cc1ccc(S(=O)(=O)N[C@H]2C=CC(=O)C2)cc1. The number of hydrogen-bond donors (Lipinski definition) is 1. The summed E-state index contributed by atoms with van der Waals surface area (Å²) in [4.78, 5) is 11.2. The number of aryl methyl sites for hydroxylation is 1. The third kappa shape index (κ3) is 2.81. The van der Waals surface area contributed by atoms with Crippen LogP contribution in [0.25, 0.3) is 0 Å². The lowest BCUT2D eigenvalue weighted by Crippen LogP contribution is -2.32. The Hall–Kier alpha value is -1.46. The Morgan fingerprint density at radius 2 is 1.88 bits per heavy atom. The Labute approximate surface area is 100 Å². The van der Waals surface area contributed by atoms with E-state index in [2.05, 4.69) is 4.72 Å². The molecule has 0 aromatic heterocycles. The van der Waals surface area contributed by atoms with E-state index in [0.717, 1.165) is 5.56 Å². The number of allylic oxidation sites excluding steroid dienone is 1. The van der Waals surface area contributed by atoms with Crippen LogP contribution in [0.1, 0.15) is 12.0 Å². The summed E-state index contributed by atoms with van der Waals surface area (Å²) in [6.45, 7) is 1.89. The van der Waals surface area contributed by atoms with Crippen LogP contribution >= 0.6 is 0 Å². The third-order valence-corrected chi connectivity index (χ3v) is 4.08. The maximum absolute atomic E-state index is 11.9. The van der Waals surface area contributed by atoms with Crippen molar-refractivity contribution >= 4 is 15.8 Å². The molecule has 0 spiro atoms. The molecule has 17 heavy (non-hydrogen) atoms. The van der Waals surface area contributed by atoms with Crippen molar-refractivity contribution in [3.63, 3.8) is 0 Å². The molecule has 1 atom stereocenters. The normalized spacial score (nSPS) is 19.8. The topological polar surface area (TPSA) is 63.2 Å². The van der Waals surface area contributed by atoms with Crippen LogP contribution in [0.3, 0.4) is 0 Å². The number of rotatable bonds is 3. The zero-order valence-corrected chi connectivity index (χ0v) is 10.2. The van der Waals surface area contributed by atoms with Crippen LogP contribution in [0.4, 0.5) is 0 Å². The quantitative estimate of drug-likeness (QED) is 0.877. The molecule has 0 heterocycles. The van der Waals surface area contributed by atoms with Crippen molar-refractivity contribution in [2.24, 2.45) is 0 Å². The highest BCUT2D eigenvalue weighted by Gasteiger charge is 2.22. The van der Waals surface area contributed by atoms with Gasteiger partial charge in [-0.2, -0.15) is 0 Å². The summed E-state index contributed by atoms with van der Waals surface area (Å²) in [7, 11) is -3.54. The standard InChI is InChI=1S/C12H13NO3S/c1-9-2-6-12(7-3-9)17(15,16)13-10-4-5-11(14)8-10/h2-7,10,13H,8H2,1H3/t10-/m0/s1. The monoisotopic (exact) mass is 251 g/mol. The molecule has 0 saturated carbocycles. The lowest BCUT2D eigenvalue weighted by molar-refractivity contribution is -0.114. The van der Waals surface area contributed by atoms with Gasteiger partial charge in [-0.1, -0.05) is 23.8 Å². The van der Waals surface area contributed by atoms with E-state index >= 15 is 0 Å². The van der Waals surface area contributed by atoms with E-state index in [-0.39, 0.29) is 17.1 Å². The maximum atomic E-state index is 11.9. The van der Waals surface area contributed by atoms with Gasteiger partial charge >= 0.3 is 0 Å². The van der Waals surface area contributed by atoms with Crippen LogP contribution < -0.4 is 4.72 Å². The zero-order valence-electron chi connectivity index (χ0n) is 9.38. The second kappa shape index (κ2) is 4.43. The average molecular weight is 251 g/mol. The molecule has 0 saturated heterocycles. The molecule has 1 N–H and O–H groups in total. The van der Waals surface area contributed by atoms with Crippen molar-refractivity contribution in [2.45, 2.75) is 24.3 Å². The van der Waals surface area contributed by atoms with Gasteiger partial charge in [0.2, 0.25) is 10.0 Å². The van der Waals surface area contributed by atoms with Gasteiger partial charge < -0.3 is 0 Å². The Balaban J connectivity index is 2.17. The van der Waals surface area contributed by atoms with E-state index in [1.807, 2.05) is 6.92 Å². The van der Waals surface area contributed by atoms with E-state index in [1.165, 1.54) is 6.08 Å². The highest BCUT2D eigenvalue weighted by Crippen LogP contribution is 2.13. The predicted octanol–water partition coefficient (Wildman–Crippen LogP) is 1.17. The molecular formula is C12H13NO3S. The van der Waals surface area contributed by atoms with Gasteiger partial charge in [-0.25, -0.2) is 13.1 Å². The highest BCUT2D eigenvalue weighted by atomic mass is 32.2. The minimum Gasteiger partial charge on any atom is -0.295 e. The summed E-state index contributed by atoms with van der Waals surface area (Å²) in [6.07, 6.45) is 3.18. The fraction of sp³-hybridized carbons (Fsp3) is 0.250. The average Bonchev–Trinajstić information content (AvgIpc) is 2.63. The number of carbonyl (C=O) groups is 1. The smallest absolute Gasteiger partial charge is 0.241 e. The summed E-state index contributed by atoms with van der Waals surface area (Å²) in [6, 6.07) is 6.17. The second-order valence-electron chi connectivity index (χ2n) is 4.07. The zero-order chi connectivity index (χ0) is 12.5. The number of sulfonamides is 1. The molecule has 0 amide bonds. The molecule has 1 aliphatic rings. The number of benzene rings is 1. The van der Waals surface area contributed by atoms with Crippen LogP contribution in [0, 0.1) is 6.92 Å². The van der Waals surface area contributed by atoms with Gasteiger partial charge in [-0.05, 0) is 25.1 Å². The van der Waals surface area contributed by atoms with E-state index in [4.69, 9.17) is 0 Å². The lowest BCUT2D eigenvalue weighted by Gasteiger charge is -2.10. The number of carbonyl (C=O) groups excluding carboxylic acids is 1. The first kappa shape index (κ1) is 12.0. The van der Waals surface area contributed by atoms with Crippen LogP contribution in [0.15, 0.2) is 41.3 Å². The fourth-order valence-corrected chi connectivity index (χ4v) is 2.83. The minimum absolute atomic E-state index is 0.0541. The molecule has 1 aliphatic carbocycles. The molecule has 2 rings (SSSR count). The lowest BCUT2D eigenvalue weighted by atomic mass is 10.2. The molecule has 90 valence electrons. The van der Waals surface area contributed by atoms with E-state index < -0.39 is 16.1 Å². The van der Waals surface area contributed by atoms with E-state index in [9.17, 15) is 13.2 Å². The van der Waals surface area contributed by atoms with Crippen molar-refractivity contribution in [1.82, 2.24) is 4.72 Å². The summed E-state index contributed by atoms with van der Waals surface area (Å²) in [5.74, 6) is -0.0541. The van der Waals surface area contributed by atoms with E-state index in [1.54, 1.807) is 30.3 Å². The molecule has 0 radical (unpaired) electrons. The summed E-state index contributed by atoms with van der Waals surface area (Å²) in [5.41, 5.74) is 1.000. The maximum Gasteiger partial charge on any atom is 0.241 e. The van der Waals surface area contributed by atoms with Crippen molar-refractivity contribution in [1.29, 1.82) is 0 Å². The molecule has 5 heteroatoms. The van der Waals surface area contributed by atoms with Gasteiger partial charge in [0.15, 0.2) is 5.78 Å². The second-order valence-corrected chi connectivity index (χ2v) is 5.78. The van der Waals surface area contributed by atoms with Crippen LogP contribution in [0.2, 0.25) is 0 Å². The van der Waals surface area contributed by atoms with Gasteiger partial charge in [0.05, 0.1) is 4.90 Å². The fourth-order valence-electron chi connectivity index (χ4n) is 1.64. The van der Waals surface area contributed by atoms with Crippen LogP contribution in [0.5, 0.6) is 0 Å². The summed E-state index contributed by atoms with van der Waals surface area (Å²) >= 11 is 0. The Kier molecular flexibility index (Phi) is 3.13. The molecular weight excluding hydrogens is 238 g/mol. The first-order chi connectivity index (χ1) is 7.97. The largest absolute Gasteiger partial charge is 0.295 e. The summed E-state index contributed by atoms with van der Waals surface area (Å²) < 4.78 is 26.4. The van der Waals surface area contributed by atoms with Crippen LogP contribution in [-0.2, 0) is 14.8 Å². The Bertz CT molecular complexity index is 558. The third-order valence-electron chi connectivity index (χ3n) is 2.57. The van der Waals surface area contributed by atoms with Crippen molar-refractivity contribution < 1.29 is 13.2 Å². The number of ketones is 1. The van der Waals surface area contributed by atoms with Crippen molar-refractivity contribution in [2.75, 3.05) is 0 Å². The molecule has 0 fully saturated rings.